The molecule has 5 rings (SSSR count). The molecule has 3 heterocycles. The first kappa shape index (κ1) is 17.6. The van der Waals surface area contributed by atoms with Crippen LogP contribution in [0.25, 0.3) is 32.1 Å². The lowest BCUT2D eigenvalue weighted by atomic mass is 9.64. The summed E-state index contributed by atoms with van der Waals surface area (Å²) in [7, 11) is 0. The third-order valence-electron chi connectivity index (χ3n) is 6.43. The molecule has 0 spiro atoms. The van der Waals surface area contributed by atoms with Crippen molar-refractivity contribution >= 4 is 32.3 Å². The molecule has 4 nitrogen and oxygen atoms in total. The maximum atomic E-state index is 12.5. The van der Waals surface area contributed by atoms with Crippen LogP contribution in [0.5, 0.6) is 0 Å². The Kier molecular flexibility index (Phi) is 3.93. The zero-order valence-electron chi connectivity index (χ0n) is 16.1. The van der Waals surface area contributed by atoms with Crippen LogP contribution in [0.2, 0.25) is 0 Å². The summed E-state index contributed by atoms with van der Waals surface area (Å²) >= 11 is 1.49. The van der Waals surface area contributed by atoms with Crippen LogP contribution < -0.4 is 11.3 Å². The van der Waals surface area contributed by atoms with E-state index in [1.165, 1.54) is 36.2 Å². The highest BCUT2D eigenvalue weighted by atomic mass is 32.1. The van der Waals surface area contributed by atoms with Gasteiger partial charge in [0.25, 0.3) is 5.56 Å². The molecule has 1 saturated carbocycles. The molecule has 4 aromatic rings. The SMILES string of the molecule is Cc1nc(C)c2[nH]c(=O)c3sccc3c2c1-c1ccc(C2(CN)CCC2)cc1. The number of thiophene rings is 1. The van der Waals surface area contributed by atoms with Crippen LogP contribution in [0.3, 0.4) is 0 Å². The van der Waals surface area contributed by atoms with E-state index >= 15 is 0 Å². The van der Waals surface area contributed by atoms with Gasteiger partial charge in [0.05, 0.1) is 11.2 Å². The van der Waals surface area contributed by atoms with Crippen LogP contribution in [0.1, 0.15) is 36.2 Å². The second-order valence-corrected chi connectivity index (χ2v) is 8.86. The first-order valence-electron chi connectivity index (χ1n) is 9.75. The Morgan fingerprint density at radius 1 is 1.14 bits per heavy atom. The van der Waals surface area contributed by atoms with Crippen LogP contribution in [0.4, 0.5) is 0 Å². The highest BCUT2D eigenvalue weighted by Gasteiger charge is 2.37. The molecule has 0 saturated heterocycles. The number of aromatic nitrogens is 2. The lowest BCUT2D eigenvalue weighted by Crippen LogP contribution is -2.41. The first-order chi connectivity index (χ1) is 13.5. The van der Waals surface area contributed by atoms with E-state index in [4.69, 9.17) is 10.7 Å². The van der Waals surface area contributed by atoms with E-state index < -0.39 is 0 Å². The van der Waals surface area contributed by atoms with E-state index in [9.17, 15) is 4.79 Å². The van der Waals surface area contributed by atoms with Gasteiger partial charge in [-0.1, -0.05) is 30.7 Å². The van der Waals surface area contributed by atoms with E-state index in [2.05, 4.69) is 29.2 Å². The van der Waals surface area contributed by atoms with Crippen LogP contribution in [0, 0.1) is 13.8 Å². The maximum Gasteiger partial charge on any atom is 0.266 e. The number of aryl methyl sites for hydroxylation is 2. The number of nitrogens with one attached hydrogen (secondary N) is 1. The smallest absolute Gasteiger partial charge is 0.266 e. The summed E-state index contributed by atoms with van der Waals surface area (Å²) in [5.41, 5.74) is 12.4. The fourth-order valence-electron chi connectivity index (χ4n) is 4.68. The first-order valence-corrected chi connectivity index (χ1v) is 10.6. The van der Waals surface area contributed by atoms with Gasteiger partial charge < -0.3 is 10.7 Å². The highest BCUT2D eigenvalue weighted by molar-refractivity contribution is 7.17. The molecule has 0 radical (unpaired) electrons. The largest absolute Gasteiger partial charge is 0.330 e. The van der Waals surface area contributed by atoms with Crippen molar-refractivity contribution in [2.24, 2.45) is 5.73 Å². The van der Waals surface area contributed by atoms with Crippen molar-refractivity contribution in [3.05, 3.63) is 63.0 Å². The van der Waals surface area contributed by atoms with E-state index in [1.807, 2.05) is 25.3 Å². The average molecular weight is 390 g/mol. The summed E-state index contributed by atoms with van der Waals surface area (Å²) in [6.07, 6.45) is 3.61. The average Bonchev–Trinajstić information content (AvgIpc) is 3.14. The third-order valence-corrected chi connectivity index (χ3v) is 7.34. The van der Waals surface area contributed by atoms with Crippen LogP contribution in [0.15, 0.2) is 40.5 Å². The van der Waals surface area contributed by atoms with Crippen molar-refractivity contribution in [2.75, 3.05) is 6.54 Å². The molecule has 1 fully saturated rings. The summed E-state index contributed by atoms with van der Waals surface area (Å²) in [4.78, 5) is 20.3. The topological polar surface area (TPSA) is 71.8 Å². The summed E-state index contributed by atoms with van der Waals surface area (Å²) in [5.74, 6) is 0. The molecule has 5 heteroatoms. The minimum Gasteiger partial charge on any atom is -0.330 e. The quantitative estimate of drug-likeness (QED) is 0.528. The molecule has 1 aliphatic rings. The molecule has 0 aliphatic heterocycles. The van der Waals surface area contributed by atoms with E-state index in [-0.39, 0.29) is 11.0 Å². The number of aromatic amines is 1. The highest BCUT2D eigenvalue weighted by Crippen LogP contribution is 2.44. The minimum absolute atomic E-state index is 0.0394. The molecule has 142 valence electrons. The summed E-state index contributed by atoms with van der Waals surface area (Å²) in [6, 6.07) is 10.9. The Labute approximate surface area is 167 Å². The van der Waals surface area contributed by atoms with Crippen molar-refractivity contribution in [3.8, 4) is 11.1 Å². The van der Waals surface area contributed by atoms with Gasteiger partial charge in [0, 0.05) is 34.0 Å². The van der Waals surface area contributed by atoms with Crippen molar-refractivity contribution in [1.29, 1.82) is 0 Å². The predicted molar refractivity (Wildman–Crippen MR) is 117 cm³/mol. The molecular weight excluding hydrogens is 366 g/mol. The number of nitrogens with zero attached hydrogens (tertiary/aromatic N) is 1. The normalized spacial score (nSPS) is 15.8. The molecule has 0 bridgehead atoms. The lowest BCUT2D eigenvalue weighted by molar-refractivity contribution is 0.253. The zero-order valence-corrected chi connectivity index (χ0v) is 17.0. The van der Waals surface area contributed by atoms with Crippen molar-refractivity contribution in [2.45, 2.75) is 38.5 Å². The number of rotatable bonds is 3. The molecule has 0 amide bonds. The second kappa shape index (κ2) is 6.26. The van der Waals surface area contributed by atoms with Gasteiger partial charge >= 0.3 is 0 Å². The number of hydrogen-bond donors (Lipinski definition) is 2. The van der Waals surface area contributed by atoms with Gasteiger partial charge in [-0.05, 0) is 49.3 Å². The lowest BCUT2D eigenvalue weighted by Gasteiger charge is -2.41. The van der Waals surface area contributed by atoms with Gasteiger partial charge in [0.2, 0.25) is 0 Å². The van der Waals surface area contributed by atoms with Crippen molar-refractivity contribution in [3.63, 3.8) is 0 Å². The predicted octanol–water partition coefficient (Wildman–Crippen LogP) is 4.80. The number of benzene rings is 1. The van der Waals surface area contributed by atoms with Crippen LogP contribution in [-0.2, 0) is 5.41 Å². The Morgan fingerprint density at radius 3 is 2.54 bits per heavy atom. The third kappa shape index (κ3) is 2.39. The number of pyridine rings is 2. The summed E-state index contributed by atoms with van der Waals surface area (Å²) < 4.78 is 0.770. The number of nitrogens with two attached hydrogens (primary N) is 1. The van der Waals surface area contributed by atoms with Gasteiger partial charge in [0.1, 0.15) is 4.70 Å². The van der Waals surface area contributed by atoms with Crippen molar-refractivity contribution < 1.29 is 0 Å². The summed E-state index contributed by atoms with van der Waals surface area (Å²) in [6.45, 7) is 4.71. The standard InChI is InChI=1S/C23H23N3OS/c1-13-18(15-4-6-16(7-5-15)23(12-24)9-3-10-23)19-17-8-11-28-21(17)22(27)26-20(19)14(2)25-13/h4-8,11H,3,9-10,12,24H2,1-2H3,(H,26,27). The van der Waals surface area contributed by atoms with E-state index in [0.717, 1.165) is 43.5 Å². The molecule has 3 aromatic heterocycles. The molecule has 0 atom stereocenters. The van der Waals surface area contributed by atoms with E-state index in [1.54, 1.807) is 0 Å². The van der Waals surface area contributed by atoms with Crippen LogP contribution in [-0.4, -0.2) is 16.5 Å². The van der Waals surface area contributed by atoms with Gasteiger partial charge in [-0.15, -0.1) is 11.3 Å². The summed E-state index contributed by atoms with van der Waals surface area (Å²) in [5, 5.41) is 4.08. The molecular formula is C23H23N3OS. The van der Waals surface area contributed by atoms with Crippen LogP contribution >= 0.6 is 11.3 Å². The van der Waals surface area contributed by atoms with Gasteiger partial charge in [-0.2, -0.15) is 0 Å². The van der Waals surface area contributed by atoms with Gasteiger partial charge in [-0.25, -0.2) is 0 Å². The number of H-pyrrole nitrogens is 1. The number of fused-ring (bicyclic) bond motifs is 3. The van der Waals surface area contributed by atoms with Gasteiger partial charge in [0.15, 0.2) is 0 Å². The molecule has 3 N–H and O–H groups in total. The fourth-order valence-corrected chi connectivity index (χ4v) is 5.48. The Hall–Kier alpha value is -2.50. The van der Waals surface area contributed by atoms with Gasteiger partial charge in [-0.3, -0.25) is 9.78 Å². The molecule has 1 aliphatic carbocycles. The monoisotopic (exact) mass is 389 g/mol. The van der Waals surface area contributed by atoms with E-state index in [0.29, 0.717) is 6.54 Å². The molecule has 1 aromatic carbocycles. The Balaban J connectivity index is 1.77. The molecule has 0 unspecified atom stereocenters. The maximum absolute atomic E-state index is 12.5. The number of hydrogen-bond acceptors (Lipinski definition) is 4. The fraction of sp³-hybridized carbons (Fsp3) is 0.304. The molecule has 28 heavy (non-hydrogen) atoms. The zero-order chi connectivity index (χ0) is 19.5. The minimum atomic E-state index is -0.0394. The Morgan fingerprint density at radius 2 is 1.89 bits per heavy atom. The Bertz CT molecular complexity index is 1260. The van der Waals surface area contributed by atoms with Crippen molar-refractivity contribution in [1.82, 2.24) is 9.97 Å². The second-order valence-electron chi connectivity index (χ2n) is 7.94.